The Bertz CT molecular complexity index is 1090. The van der Waals surface area contributed by atoms with Gasteiger partial charge >= 0.3 is 5.97 Å². The van der Waals surface area contributed by atoms with E-state index >= 15 is 0 Å². The Labute approximate surface area is 172 Å². The van der Waals surface area contributed by atoms with Crippen molar-refractivity contribution < 1.29 is 14.3 Å². The monoisotopic (exact) mass is 402 g/mol. The van der Waals surface area contributed by atoms with Crippen molar-refractivity contribution in [3.05, 3.63) is 101 Å². The third-order valence-electron chi connectivity index (χ3n) is 4.47. The zero-order valence-electron chi connectivity index (χ0n) is 15.4. The quantitative estimate of drug-likeness (QED) is 0.487. The molecule has 4 aromatic rings. The summed E-state index contributed by atoms with van der Waals surface area (Å²) in [4.78, 5) is 29.0. The Balaban J connectivity index is 1.43. The fourth-order valence-electron chi connectivity index (χ4n) is 3.05. The molecule has 0 saturated carbocycles. The van der Waals surface area contributed by atoms with Gasteiger partial charge in [-0.1, -0.05) is 60.7 Å². The summed E-state index contributed by atoms with van der Waals surface area (Å²) in [6.45, 7) is -0.351. The summed E-state index contributed by atoms with van der Waals surface area (Å²) in [7, 11) is 0. The molecular formula is C23H18N2O3S. The van der Waals surface area contributed by atoms with E-state index < -0.39 is 5.97 Å². The third-order valence-corrected chi connectivity index (χ3v) is 5.26. The van der Waals surface area contributed by atoms with Crippen molar-refractivity contribution >= 4 is 33.4 Å². The Kier molecular flexibility index (Phi) is 5.63. The lowest BCUT2D eigenvalue weighted by molar-refractivity contribution is -0.124. The topological polar surface area (TPSA) is 68.3 Å². The van der Waals surface area contributed by atoms with Crippen LogP contribution in [0.15, 0.2) is 84.4 Å². The predicted molar refractivity (Wildman–Crippen MR) is 113 cm³/mol. The van der Waals surface area contributed by atoms with Gasteiger partial charge in [-0.3, -0.25) is 4.79 Å². The molecule has 1 aromatic heterocycles. The normalized spacial score (nSPS) is 10.8. The molecule has 0 unspecified atom stereocenters. The van der Waals surface area contributed by atoms with Gasteiger partial charge in [-0.05, 0) is 29.3 Å². The molecule has 4 rings (SSSR count). The van der Waals surface area contributed by atoms with Crippen LogP contribution in [-0.2, 0) is 9.53 Å². The van der Waals surface area contributed by atoms with E-state index in [9.17, 15) is 9.59 Å². The van der Waals surface area contributed by atoms with Gasteiger partial charge in [0, 0.05) is 0 Å². The Hall–Kier alpha value is -3.51. The molecule has 0 aliphatic carbocycles. The predicted octanol–water partition coefficient (Wildman–Crippen LogP) is 4.36. The van der Waals surface area contributed by atoms with Gasteiger partial charge in [0.1, 0.15) is 0 Å². The first kappa shape index (κ1) is 18.8. The van der Waals surface area contributed by atoms with Crippen LogP contribution in [0, 0.1) is 0 Å². The second-order valence-electron chi connectivity index (χ2n) is 6.43. The fraction of sp³-hybridized carbons (Fsp3) is 0.0870. The van der Waals surface area contributed by atoms with Crippen molar-refractivity contribution in [3.63, 3.8) is 0 Å². The summed E-state index contributed by atoms with van der Waals surface area (Å²) in [6.07, 6.45) is 0. The minimum absolute atomic E-state index is 0.322. The molecular weight excluding hydrogens is 384 g/mol. The van der Waals surface area contributed by atoms with Crippen LogP contribution in [0.5, 0.6) is 0 Å². The molecule has 0 saturated heterocycles. The highest BCUT2D eigenvalue weighted by Gasteiger charge is 2.18. The number of carbonyl (C=O) groups excluding carboxylic acids is 2. The fourth-order valence-corrected chi connectivity index (χ4v) is 3.77. The number of carbonyl (C=O) groups is 2. The second-order valence-corrected chi connectivity index (χ2v) is 7.32. The summed E-state index contributed by atoms with van der Waals surface area (Å²) in [5.74, 6) is -0.902. The molecule has 0 atom stereocenters. The molecule has 0 aliphatic heterocycles. The van der Waals surface area contributed by atoms with Crippen LogP contribution in [0.1, 0.15) is 27.5 Å². The van der Waals surface area contributed by atoms with Gasteiger partial charge in [0.15, 0.2) is 6.61 Å². The molecule has 1 N–H and O–H groups in total. The van der Waals surface area contributed by atoms with Crippen LogP contribution in [-0.4, -0.2) is 23.5 Å². The smallest absolute Gasteiger partial charge is 0.338 e. The molecule has 3 aromatic carbocycles. The molecule has 0 fully saturated rings. The number of hydrogen-bond acceptors (Lipinski definition) is 5. The first-order valence-corrected chi connectivity index (χ1v) is 9.98. The van der Waals surface area contributed by atoms with Crippen LogP contribution in [0.25, 0.3) is 10.2 Å². The summed E-state index contributed by atoms with van der Waals surface area (Å²) < 4.78 is 6.12. The molecule has 1 heterocycles. The van der Waals surface area contributed by atoms with Gasteiger partial charge in [0.25, 0.3) is 5.91 Å². The van der Waals surface area contributed by atoms with Crippen LogP contribution < -0.4 is 5.32 Å². The van der Waals surface area contributed by atoms with E-state index in [-0.39, 0.29) is 18.6 Å². The number of ether oxygens (including phenoxy) is 1. The average Bonchev–Trinajstić information content (AvgIpc) is 3.25. The largest absolute Gasteiger partial charge is 0.452 e. The standard InChI is InChI=1S/C23H18N2O3S/c26-21(14-28-23(27)18-11-12-19-20(13-18)29-15-24-19)25-22(16-7-3-1-4-8-16)17-9-5-2-6-10-17/h1-13,15,22H,14H2,(H,25,26). The van der Waals surface area contributed by atoms with Crippen LogP contribution in [0.3, 0.4) is 0 Å². The number of thiazole rings is 1. The first-order valence-electron chi connectivity index (χ1n) is 9.10. The summed E-state index contributed by atoms with van der Waals surface area (Å²) in [5.41, 5.74) is 4.86. The van der Waals surface area contributed by atoms with Crippen molar-refractivity contribution in [1.29, 1.82) is 0 Å². The van der Waals surface area contributed by atoms with Crippen LogP contribution >= 0.6 is 11.3 Å². The molecule has 6 heteroatoms. The number of nitrogens with one attached hydrogen (secondary N) is 1. The van der Waals surface area contributed by atoms with Crippen LogP contribution in [0.4, 0.5) is 0 Å². The highest BCUT2D eigenvalue weighted by atomic mass is 32.1. The number of amides is 1. The van der Waals surface area contributed by atoms with E-state index in [1.807, 2.05) is 60.7 Å². The molecule has 0 spiro atoms. The number of hydrogen-bond donors (Lipinski definition) is 1. The maximum atomic E-state index is 12.5. The van der Waals surface area contributed by atoms with Gasteiger partial charge in [-0.15, -0.1) is 11.3 Å². The SMILES string of the molecule is O=C(COC(=O)c1ccc2ncsc2c1)NC(c1ccccc1)c1ccccc1. The molecule has 144 valence electrons. The Morgan fingerprint density at radius 2 is 1.59 bits per heavy atom. The summed E-state index contributed by atoms with van der Waals surface area (Å²) in [6, 6.07) is 24.2. The highest BCUT2D eigenvalue weighted by molar-refractivity contribution is 7.16. The number of benzene rings is 3. The van der Waals surface area contributed by atoms with Crippen molar-refractivity contribution in [3.8, 4) is 0 Å². The Morgan fingerprint density at radius 3 is 2.24 bits per heavy atom. The third kappa shape index (κ3) is 4.50. The number of rotatable bonds is 6. The lowest BCUT2D eigenvalue weighted by atomic mass is 9.99. The molecule has 1 amide bonds. The molecule has 29 heavy (non-hydrogen) atoms. The van der Waals surface area contributed by atoms with E-state index in [1.165, 1.54) is 11.3 Å². The first-order chi connectivity index (χ1) is 14.2. The summed E-state index contributed by atoms with van der Waals surface area (Å²) >= 11 is 1.45. The number of nitrogens with zero attached hydrogens (tertiary/aromatic N) is 1. The summed E-state index contributed by atoms with van der Waals surface area (Å²) in [5, 5.41) is 2.96. The van der Waals surface area contributed by atoms with Gasteiger partial charge in [0.05, 0.1) is 27.3 Å². The van der Waals surface area contributed by atoms with E-state index in [1.54, 1.807) is 23.7 Å². The second kappa shape index (κ2) is 8.67. The molecule has 5 nitrogen and oxygen atoms in total. The maximum Gasteiger partial charge on any atom is 0.338 e. The number of fused-ring (bicyclic) bond motifs is 1. The average molecular weight is 402 g/mol. The minimum Gasteiger partial charge on any atom is -0.452 e. The molecule has 0 aliphatic rings. The lowest BCUT2D eigenvalue weighted by Crippen LogP contribution is -2.33. The molecule has 0 radical (unpaired) electrons. The highest BCUT2D eigenvalue weighted by Crippen LogP contribution is 2.22. The van der Waals surface area contributed by atoms with Gasteiger partial charge < -0.3 is 10.1 Å². The number of aromatic nitrogens is 1. The van der Waals surface area contributed by atoms with Crippen molar-refractivity contribution in [2.24, 2.45) is 0 Å². The zero-order chi connectivity index (χ0) is 20.1. The van der Waals surface area contributed by atoms with Gasteiger partial charge in [-0.2, -0.15) is 0 Å². The van der Waals surface area contributed by atoms with Crippen molar-refractivity contribution in [2.75, 3.05) is 6.61 Å². The van der Waals surface area contributed by atoms with E-state index in [4.69, 9.17) is 4.74 Å². The zero-order valence-corrected chi connectivity index (χ0v) is 16.3. The Morgan fingerprint density at radius 1 is 0.931 bits per heavy atom. The van der Waals surface area contributed by atoms with Crippen molar-refractivity contribution in [2.45, 2.75) is 6.04 Å². The van der Waals surface area contributed by atoms with Crippen LogP contribution in [0.2, 0.25) is 0 Å². The van der Waals surface area contributed by atoms with E-state index in [2.05, 4.69) is 10.3 Å². The van der Waals surface area contributed by atoms with E-state index in [0.29, 0.717) is 5.56 Å². The minimum atomic E-state index is -0.536. The number of esters is 1. The maximum absolute atomic E-state index is 12.5. The lowest BCUT2D eigenvalue weighted by Gasteiger charge is -2.20. The van der Waals surface area contributed by atoms with Gasteiger partial charge in [-0.25, -0.2) is 9.78 Å². The molecule has 0 bridgehead atoms. The van der Waals surface area contributed by atoms with Gasteiger partial charge in [0.2, 0.25) is 0 Å². The van der Waals surface area contributed by atoms with Crippen molar-refractivity contribution in [1.82, 2.24) is 10.3 Å². The van der Waals surface area contributed by atoms with E-state index in [0.717, 1.165) is 21.3 Å².